The van der Waals surface area contributed by atoms with Gasteiger partial charge in [0.2, 0.25) is 0 Å². The average molecular weight is 184 g/mol. The van der Waals surface area contributed by atoms with E-state index >= 15 is 0 Å². The van der Waals surface area contributed by atoms with E-state index in [1.165, 1.54) is 0 Å². The minimum absolute atomic E-state index is 0.224. The number of hydrogen-bond donors (Lipinski definition) is 1. The van der Waals surface area contributed by atoms with Crippen LogP contribution in [-0.2, 0) is 4.74 Å². The SMILES string of the molecule is C=C(CNCC)CN1CCOC1=O. The Kier molecular flexibility index (Phi) is 3.76. The normalized spacial score (nSPS) is 16.1. The molecule has 4 nitrogen and oxygen atoms in total. The second kappa shape index (κ2) is 4.87. The Labute approximate surface area is 78.5 Å². The number of likely N-dealkylation sites (N-methyl/N-ethyl adjacent to an activating group) is 1. The topological polar surface area (TPSA) is 41.6 Å². The first-order chi connectivity index (χ1) is 6.24. The highest BCUT2D eigenvalue weighted by molar-refractivity contribution is 5.69. The molecule has 0 aromatic rings. The predicted molar refractivity (Wildman–Crippen MR) is 50.6 cm³/mol. The van der Waals surface area contributed by atoms with Crippen LogP contribution in [0.2, 0.25) is 0 Å². The Morgan fingerprint density at radius 1 is 1.77 bits per heavy atom. The van der Waals surface area contributed by atoms with Crippen molar-refractivity contribution in [3.05, 3.63) is 12.2 Å². The van der Waals surface area contributed by atoms with Crippen LogP contribution in [0.1, 0.15) is 6.92 Å². The fourth-order valence-corrected chi connectivity index (χ4v) is 1.20. The monoisotopic (exact) mass is 184 g/mol. The molecule has 1 aliphatic heterocycles. The van der Waals surface area contributed by atoms with Crippen molar-refractivity contribution < 1.29 is 9.53 Å². The van der Waals surface area contributed by atoms with Crippen LogP contribution in [0.5, 0.6) is 0 Å². The number of nitrogens with zero attached hydrogens (tertiary/aromatic N) is 1. The van der Waals surface area contributed by atoms with Gasteiger partial charge in [0.05, 0.1) is 6.54 Å². The lowest BCUT2D eigenvalue weighted by Crippen LogP contribution is -2.29. The van der Waals surface area contributed by atoms with Gasteiger partial charge in [-0.2, -0.15) is 0 Å². The van der Waals surface area contributed by atoms with Crippen molar-refractivity contribution in [3.8, 4) is 0 Å². The molecule has 1 saturated heterocycles. The molecule has 4 heteroatoms. The molecule has 0 aromatic carbocycles. The van der Waals surface area contributed by atoms with E-state index in [9.17, 15) is 4.79 Å². The Hall–Kier alpha value is -1.03. The van der Waals surface area contributed by atoms with Gasteiger partial charge in [-0.25, -0.2) is 4.79 Å². The van der Waals surface area contributed by atoms with Gasteiger partial charge in [0.1, 0.15) is 6.61 Å². The summed E-state index contributed by atoms with van der Waals surface area (Å²) >= 11 is 0. The number of carbonyl (C=O) groups excluding carboxylic acids is 1. The Bertz CT molecular complexity index is 204. The summed E-state index contributed by atoms with van der Waals surface area (Å²) in [7, 11) is 0. The Morgan fingerprint density at radius 3 is 3.08 bits per heavy atom. The van der Waals surface area contributed by atoms with Gasteiger partial charge >= 0.3 is 6.09 Å². The van der Waals surface area contributed by atoms with Crippen molar-refractivity contribution in [2.75, 3.05) is 32.8 Å². The molecule has 0 bridgehead atoms. The highest BCUT2D eigenvalue weighted by Gasteiger charge is 2.21. The van der Waals surface area contributed by atoms with Gasteiger partial charge in [-0.05, 0) is 12.1 Å². The molecule has 1 heterocycles. The van der Waals surface area contributed by atoms with Gasteiger partial charge in [-0.1, -0.05) is 13.5 Å². The molecule has 1 aliphatic rings. The van der Waals surface area contributed by atoms with Crippen molar-refractivity contribution in [1.82, 2.24) is 10.2 Å². The summed E-state index contributed by atoms with van der Waals surface area (Å²) in [5.41, 5.74) is 1.01. The number of carbonyl (C=O) groups is 1. The molecule has 0 atom stereocenters. The molecule has 0 aliphatic carbocycles. The highest BCUT2D eigenvalue weighted by atomic mass is 16.6. The van der Waals surface area contributed by atoms with E-state index in [-0.39, 0.29) is 6.09 Å². The molecular formula is C9H16N2O2. The molecular weight excluding hydrogens is 168 g/mol. The first-order valence-electron chi connectivity index (χ1n) is 4.53. The number of amides is 1. The maximum Gasteiger partial charge on any atom is 0.410 e. The standard InChI is InChI=1S/C9H16N2O2/c1-3-10-6-8(2)7-11-4-5-13-9(11)12/h10H,2-7H2,1H3. The minimum Gasteiger partial charge on any atom is -0.448 e. The first kappa shape index (κ1) is 10.1. The van der Waals surface area contributed by atoms with Crippen LogP contribution in [0.4, 0.5) is 4.79 Å². The molecule has 13 heavy (non-hydrogen) atoms. The number of ether oxygens (including phenoxy) is 1. The van der Waals surface area contributed by atoms with E-state index in [0.29, 0.717) is 19.7 Å². The van der Waals surface area contributed by atoms with E-state index in [0.717, 1.165) is 18.7 Å². The zero-order chi connectivity index (χ0) is 9.68. The second-order valence-electron chi connectivity index (χ2n) is 3.07. The third kappa shape index (κ3) is 3.06. The van der Waals surface area contributed by atoms with Crippen molar-refractivity contribution in [1.29, 1.82) is 0 Å². The molecule has 1 amide bonds. The van der Waals surface area contributed by atoms with Gasteiger partial charge in [-0.15, -0.1) is 0 Å². The number of nitrogens with one attached hydrogen (secondary N) is 1. The molecule has 0 saturated carbocycles. The third-order valence-corrected chi connectivity index (χ3v) is 1.88. The highest BCUT2D eigenvalue weighted by Crippen LogP contribution is 2.05. The molecule has 1 rings (SSSR count). The van der Waals surface area contributed by atoms with Gasteiger partial charge in [0, 0.05) is 13.1 Å². The smallest absolute Gasteiger partial charge is 0.410 e. The summed E-state index contributed by atoms with van der Waals surface area (Å²) in [5.74, 6) is 0. The zero-order valence-corrected chi connectivity index (χ0v) is 8.01. The van der Waals surface area contributed by atoms with Crippen molar-refractivity contribution in [2.24, 2.45) is 0 Å². The number of hydrogen-bond acceptors (Lipinski definition) is 3. The predicted octanol–water partition coefficient (Wildman–Crippen LogP) is 0.604. The third-order valence-electron chi connectivity index (χ3n) is 1.88. The van der Waals surface area contributed by atoms with Crippen LogP contribution in [-0.4, -0.2) is 43.8 Å². The molecule has 0 aromatic heterocycles. The molecule has 0 radical (unpaired) electrons. The van der Waals surface area contributed by atoms with E-state index < -0.39 is 0 Å². The summed E-state index contributed by atoms with van der Waals surface area (Å²) < 4.78 is 4.80. The molecule has 0 unspecified atom stereocenters. The van der Waals surface area contributed by atoms with Crippen LogP contribution in [0, 0.1) is 0 Å². The average Bonchev–Trinajstić information content (AvgIpc) is 2.48. The Morgan fingerprint density at radius 2 is 2.54 bits per heavy atom. The van der Waals surface area contributed by atoms with Crippen LogP contribution >= 0.6 is 0 Å². The van der Waals surface area contributed by atoms with Crippen LogP contribution in [0.25, 0.3) is 0 Å². The van der Waals surface area contributed by atoms with E-state index in [1.807, 2.05) is 6.92 Å². The van der Waals surface area contributed by atoms with Crippen LogP contribution in [0.3, 0.4) is 0 Å². The largest absolute Gasteiger partial charge is 0.448 e. The van der Waals surface area contributed by atoms with E-state index in [1.54, 1.807) is 4.90 Å². The Balaban J connectivity index is 2.23. The molecule has 1 fully saturated rings. The summed E-state index contributed by atoms with van der Waals surface area (Å²) in [6.45, 7) is 9.40. The fourth-order valence-electron chi connectivity index (χ4n) is 1.20. The second-order valence-corrected chi connectivity index (χ2v) is 3.07. The lowest BCUT2D eigenvalue weighted by molar-refractivity contribution is 0.160. The van der Waals surface area contributed by atoms with E-state index in [4.69, 9.17) is 4.74 Å². The van der Waals surface area contributed by atoms with Crippen molar-refractivity contribution in [2.45, 2.75) is 6.92 Å². The van der Waals surface area contributed by atoms with Crippen LogP contribution in [0.15, 0.2) is 12.2 Å². The summed E-state index contributed by atoms with van der Waals surface area (Å²) in [6.07, 6.45) is -0.224. The fraction of sp³-hybridized carbons (Fsp3) is 0.667. The van der Waals surface area contributed by atoms with Crippen LogP contribution < -0.4 is 5.32 Å². The molecule has 0 spiro atoms. The number of rotatable bonds is 5. The number of cyclic esters (lactones) is 1. The van der Waals surface area contributed by atoms with Gasteiger partial charge < -0.3 is 15.0 Å². The van der Waals surface area contributed by atoms with Crippen molar-refractivity contribution >= 4 is 6.09 Å². The lowest BCUT2D eigenvalue weighted by Gasteiger charge is -2.14. The first-order valence-corrected chi connectivity index (χ1v) is 4.53. The van der Waals surface area contributed by atoms with Gasteiger partial charge in [-0.3, -0.25) is 0 Å². The zero-order valence-electron chi connectivity index (χ0n) is 8.01. The van der Waals surface area contributed by atoms with E-state index in [2.05, 4.69) is 11.9 Å². The van der Waals surface area contributed by atoms with Gasteiger partial charge in [0.15, 0.2) is 0 Å². The van der Waals surface area contributed by atoms with Crippen molar-refractivity contribution in [3.63, 3.8) is 0 Å². The molecule has 74 valence electrons. The summed E-state index contributed by atoms with van der Waals surface area (Å²) in [6, 6.07) is 0. The summed E-state index contributed by atoms with van der Waals surface area (Å²) in [5, 5.41) is 3.16. The quantitative estimate of drug-likeness (QED) is 0.636. The molecule has 1 N–H and O–H groups in total. The minimum atomic E-state index is -0.224. The lowest BCUT2D eigenvalue weighted by atomic mass is 10.3. The van der Waals surface area contributed by atoms with Gasteiger partial charge in [0.25, 0.3) is 0 Å². The summed E-state index contributed by atoms with van der Waals surface area (Å²) in [4.78, 5) is 12.7. The maximum absolute atomic E-state index is 11.0. The maximum atomic E-state index is 11.0.